The molecule has 0 aliphatic heterocycles. The third kappa shape index (κ3) is 4.01. The Bertz CT molecular complexity index is 1030. The molecule has 0 spiro atoms. The molecule has 144 valence electrons. The standard InChI is InChI=1S/C17H14ClN5O5/c1-27-15-6-13(17(19)24)14(23(25)26)7-16(15)28-9-11-8-22(21-20-11)12-4-2-10(18)3-5-12/h2-8H,9H2,1H3,(H2,19,24). The Labute approximate surface area is 163 Å². The molecule has 0 fully saturated rings. The SMILES string of the molecule is COc1cc(C(N)=O)c([N+](=O)[O-])cc1OCc1cn(-c2ccc(Cl)cc2)nn1. The molecule has 0 radical (unpaired) electrons. The van der Waals surface area contributed by atoms with E-state index >= 15 is 0 Å². The van der Waals surface area contributed by atoms with Gasteiger partial charge in [0.25, 0.3) is 11.6 Å². The Morgan fingerprint density at radius 1 is 1.29 bits per heavy atom. The molecular weight excluding hydrogens is 390 g/mol. The lowest BCUT2D eigenvalue weighted by atomic mass is 10.1. The van der Waals surface area contributed by atoms with Crippen LogP contribution in [0.3, 0.4) is 0 Å². The van der Waals surface area contributed by atoms with Crippen molar-refractivity contribution in [3.8, 4) is 17.2 Å². The number of hydrogen-bond donors (Lipinski definition) is 1. The molecule has 10 nitrogen and oxygen atoms in total. The Morgan fingerprint density at radius 3 is 2.61 bits per heavy atom. The largest absolute Gasteiger partial charge is 0.493 e. The molecule has 28 heavy (non-hydrogen) atoms. The van der Waals surface area contributed by atoms with E-state index in [-0.39, 0.29) is 23.7 Å². The number of carbonyl (C=O) groups excluding carboxylic acids is 1. The zero-order valence-electron chi connectivity index (χ0n) is 14.5. The minimum Gasteiger partial charge on any atom is -0.493 e. The van der Waals surface area contributed by atoms with Crippen molar-refractivity contribution in [1.29, 1.82) is 0 Å². The van der Waals surface area contributed by atoms with E-state index in [0.29, 0.717) is 10.7 Å². The first kappa shape index (κ1) is 19.1. The number of primary amides is 1. The number of benzene rings is 2. The number of nitro groups is 1. The topological polar surface area (TPSA) is 135 Å². The molecule has 1 heterocycles. The maximum Gasteiger partial charge on any atom is 0.286 e. The van der Waals surface area contributed by atoms with Crippen LogP contribution >= 0.6 is 11.6 Å². The van der Waals surface area contributed by atoms with Crippen LogP contribution in [-0.2, 0) is 6.61 Å². The Hall–Kier alpha value is -3.66. The van der Waals surface area contributed by atoms with Crippen LogP contribution in [0.5, 0.6) is 11.5 Å². The molecule has 0 saturated carbocycles. The number of ether oxygens (including phenoxy) is 2. The van der Waals surface area contributed by atoms with Crippen LogP contribution in [0.2, 0.25) is 5.02 Å². The summed E-state index contributed by atoms with van der Waals surface area (Å²) in [5.74, 6) is -0.743. The molecule has 0 atom stereocenters. The number of carbonyl (C=O) groups is 1. The highest BCUT2D eigenvalue weighted by molar-refractivity contribution is 6.30. The first-order valence-electron chi connectivity index (χ1n) is 7.85. The number of nitrogens with two attached hydrogens (primary N) is 1. The van der Waals surface area contributed by atoms with Crippen molar-refractivity contribution in [2.75, 3.05) is 7.11 Å². The third-order valence-electron chi connectivity index (χ3n) is 3.75. The number of rotatable bonds is 7. The summed E-state index contributed by atoms with van der Waals surface area (Å²) in [6, 6.07) is 9.24. The number of nitro benzene ring substituents is 1. The normalized spacial score (nSPS) is 10.5. The van der Waals surface area contributed by atoms with E-state index in [1.165, 1.54) is 17.9 Å². The van der Waals surface area contributed by atoms with Crippen molar-refractivity contribution < 1.29 is 19.2 Å². The van der Waals surface area contributed by atoms with Gasteiger partial charge in [-0.25, -0.2) is 4.68 Å². The number of methoxy groups -OCH3 is 1. The smallest absolute Gasteiger partial charge is 0.286 e. The highest BCUT2D eigenvalue weighted by Crippen LogP contribution is 2.35. The Morgan fingerprint density at radius 2 is 2.00 bits per heavy atom. The van der Waals surface area contributed by atoms with E-state index in [1.54, 1.807) is 30.5 Å². The average molecular weight is 404 g/mol. The molecule has 3 aromatic rings. The molecule has 0 bridgehead atoms. The maximum absolute atomic E-state index is 11.4. The first-order valence-corrected chi connectivity index (χ1v) is 8.23. The van der Waals surface area contributed by atoms with Crippen molar-refractivity contribution in [3.63, 3.8) is 0 Å². The summed E-state index contributed by atoms with van der Waals surface area (Å²) in [5.41, 5.74) is 5.66. The zero-order valence-corrected chi connectivity index (χ0v) is 15.3. The monoisotopic (exact) mass is 403 g/mol. The Balaban J connectivity index is 1.82. The molecule has 0 saturated heterocycles. The van der Waals surface area contributed by atoms with Crippen molar-refractivity contribution in [1.82, 2.24) is 15.0 Å². The zero-order chi connectivity index (χ0) is 20.3. The van der Waals surface area contributed by atoms with Crippen LogP contribution in [0, 0.1) is 10.1 Å². The van der Waals surface area contributed by atoms with Gasteiger partial charge in [-0.3, -0.25) is 14.9 Å². The van der Waals surface area contributed by atoms with Crippen LogP contribution in [-0.4, -0.2) is 32.9 Å². The van der Waals surface area contributed by atoms with Crippen molar-refractivity contribution in [2.45, 2.75) is 6.61 Å². The fraction of sp³-hybridized carbons (Fsp3) is 0.118. The molecule has 0 aliphatic rings. The van der Waals surface area contributed by atoms with Gasteiger partial charge in [0, 0.05) is 11.1 Å². The van der Waals surface area contributed by atoms with E-state index in [1.807, 2.05) is 0 Å². The quantitative estimate of drug-likeness (QED) is 0.472. The lowest BCUT2D eigenvalue weighted by Crippen LogP contribution is -2.14. The second-order valence-corrected chi connectivity index (χ2v) is 6.00. The van der Waals surface area contributed by atoms with Crippen LogP contribution < -0.4 is 15.2 Å². The first-order chi connectivity index (χ1) is 13.4. The highest BCUT2D eigenvalue weighted by atomic mass is 35.5. The molecule has 0 unspecified atom stereocenters. The molecule has 11 heteroatoms. The average Bonchev–Trinajstić information content (AvgIpc) is 3.15. The van der Waals surface area contributed by atoms with Gasteiger partial charge in [0.15, 0.2) is 11.5 Å². The summed E-state index contributed by atoms with van der Waals surface area (Å²) < 4.78 is 12.3. The third-order valence-corrected chi connectivity index (χ3v) is 4.00. The van der Waals surface area contributed by atoms with Crippen molar-refractivity contribution in [3.05, 3.63) is 69.0 Å². The molecule has 0 aliphatic carbocycles. The number of nitrogens with zero attached hydrogens (tertiary/aromatic N) is 4. The predicted octanol–water partition coefficient (Wildman–Crippen LogP) is 2.52. The summed E-state index contributed by atoms with van der Waals surface area (Å²) in [6.07, 6.45) is 1.64. The maximum atomic E-state index is 11.4. The minimum absolute atomic E-state index is 0.0307. The van der Waals surface area contributed by atoms with Crippen LogP contribution in [0.4, 0.5) is 5.69 Å². The lowest BCUT2D eigenvalue weighted by molar-refractivity contribution is -0.385. The Kier molecular flexibility index (Phi) is 5.41. The number of hydrogen-bond acceptors (Lipinski definition) is 7. The summed E-state index contributed by atoms with van der Waals surface area (Å²) >= 11 is 5.86. The minimum atomic E-state index is -0.942. The summed E-state index contributed by atoms with van der Waals surface area (Å²) in [6.45, 7) is -0.0307. The van der Waals surface area contributed by atoms with E-state index in [2.05, 4.69) is 10.3 Å². The predicted molar refractivity (Wildman–Crippen MR) is 98.9 cm³/mol. The van der Waals surface area contributed by atoms with E-state index in [9.17, 15) is 14.9 Å². The number of halogens is 1. The van der Waals surface area contributed by atoms with Gasteiger partial charge in [0.05, 0.1) is 30.0 Å². The van der Waals surface area contributed by atoms with Crippen molar-refractivity contribution in [2.24, 2.45) is 5.73 Å². The second kappa shape index (κ2) is 7.92. The summed E-state index contributed by atoms with van der Waals surface area (Å²) in [4.78, 5) is 21.9. The van der Waals surface area contributed by atoms with E-state index < -0.39 is 16.5 Å². The molecule has 2 N–H and O–H groups in total. The highest BCUT2D eigenvalue weighted by Gasteiger charge is 2.23. The fourth-order valence-electron chi connectivity index (χ4n) is 2.41. The van der Waals surface area contributed by atoms with E-state index in [4.69, 9.17) is 26.8 Å². The lowest BCUT2D eigenvalue weighted by Gasteiger charge is -2.11. The van der Waals surface area contributed by atoms with Gasteiger partial charge in [0.1, 0.15) is 17.9 Å². The summed E-state index contributed by atoms with van der Waals surface area (Å²) in [7, 11) is 1.34. The molecule has 3 rings (SSSR count). The molecule has 1 amide bonds. The fourth-order valence-corrected chi connectivity index (χ4v) is 2.53. The van der Waals surface area contributed by atoms with Gasteiger partial charge >= 0.3 is 0 Å². The van der Waals surface area contributed by atoms with Crippen LogP contribution in [0.1, 0.15) is 16.1 Å². The van der Waals surface area contributed by atoms with Gasteiger partial charge in [-0.2, -0.15) is 0 Å². The van der Waals surface area contributed by atoms with E-state index in [0.717, 1.165) is 11.8 Å². The molecule has 1 aromatic heterocycles. The van der Waals surface area contributed by atoms with Crippen LogP contribution in [0.25, 0.3) is 5.69 Å². The van der Waals surface area contributed by atoms with Gasteiger partial charge < -0.3 is 15.2 Å². The number of amides is 1. The molecule has 2 aromatic carbocycles. The summed E-state index contributed by atoms with van der Waals surface area (Å²) in [5, 5.41) is 19.8. The number of aromatic nitrogens is 3. The molecular formula is C17H14ClN5O5. The van der Waals surface area contributed by atoms with Gasteiger partial charge in [-0.05, 0) is 24.3 Å². The van der Waals surface area contributed by atoms with Crippen molar-refractivity contribution >= 4 is 23.2 Å². The van der Waals surface area contributed by atoms with Crippen LogP contribution in [0.15, 0.2) is 42.6 Å². The van der Waals surface area contributed by atoms with Gasteiger partial charge in [-0.1, -0.05) is 16.8 Å². The van der Waals surface area contributed by atoms with Gasteiger partial charge in [-0.15, -0.1) is 5.10 Å². The van der Waals surface area contributed by atoms with Gasteiger partial charge in [0.2, 0.25) is 0 Å². The second-order valence-electron chi connectivity index (χ2n) is 5.56.